The van der Waals surface area contributed by atoms with Crippen LogP contribution in [0.4, 0.5) is 0 Å². The van der Waals surface area contributed by atoms with Gasteiger partial charge in [0.15, 0.2) is 0 Å². The van der Waals surface area contributed by atoms with Gasteiger partial charge in [-0.3, -0.25) is 3.11 Å². The van der Waals surface area contributed by atoms with Gasteiger partial charge in [0.2, 0.25) is 0 Å². The highest BCUT2D eigenvalue weighted by Gasteiger charge is 1.98. The first-order valence-electron chi connectivity index (χ1n) is 2.03. The van der Waals surface area contributed by atoms with Crippen molar-refractivity contribution in [2.45, 2.75) is 0 Å². The van der Waals surface area contributed by atoms with Crippen LogP contribution in [0.15, 0.2) is 22.8 Å². The zero-order valence-electron chi connectivity index (χ0n) is 4.04. The van der Waals surface area contributed by atoms with Crippen molar-refractivity contribution >= 4 is 34.6 Å². The first-order valence-corrected chi connectivity index (χ1v) is 3.94. The third-order valence-corrected chi connectivity index (χ3v) is 2.24. The Morgan fingerprint density at radius 2 is 2.50 bits per heavy atom. The molecule has 1 heterocycles. The molecule has 0 aliphatic carbocycles. The van der Waals surface area contributed by atoms with Gasteiger partial charge in [-0.15, -0.1) is 11.8 Å². The molecule has 2 nitrogen and oxygen atoms in total. The molecule has 0 radical (unpaired) electrons. The highest BCUT2D eigenvalue weighted by atomic mass is 127. The van der Waals surface area contributed by atoms with Gasteiger partial charge in [0.25, 0.3) is 0 Å². The maximum Gasteiger partial charge on any atom is 0.118 e. The van der Waals surface area contributed by atoms with E-state index in [0.717, 1.165) is 5.82 Å². The highest BCUT2D eigenvalue weighted by Crippen LogP contribution is 2.18. The molecule has 1 aliphatic heterocycles. The fourth-order valence-electron chi connectivity index (χ4n) is 0.334. The van der Waals surface area contributed by atoms with Crippen LogP contribution in [0.5, 0.6) is 0 Å². The van der Waals surface area contributed by atoms with Crippen molar-refractivity contribution < 1.29 is 0 Å². The summed E-state index contributed by atoms with van der Waals surface area (Å²) in [5.41, 5.74) is 5.49. The van der Waals surface area contributed by atoms with Crippen molar-refractivity contribution in [1.82, 2.24) is 3.11 Å². The SMILES string of the molecule is NC1=CSC=CN1I. The van der Waals surface area contributed by atoms with Gasteiger partial charge >= 0.3 is 0 Å². The summed E-state index contributed by atoms with van der Waals surface area (Å²) < 4.78 is 1.84. The van der Waals surface area contributed by atoms with Crippen molar-refractivity contribution in [3.8, 4) is 0 Å². The van der Waals surface area contributed by atoms with E-state index in [4.69, 9.17) is 5.73 Å². The molecule has 0 saturated heterocycles. The molecule has 0 aromatic rings. The average molecular weight is 240 g/mol. The van der Waals surface area contributed by atoms with Crippen molar-refractivity contribution in [2.75, 3.05) is 0 Å². The van der Waals surface area contributed by atoms with Crippen LogP contribution in [0.25, 0.3) is 0 Å². The molecule has 0 unspecified atom stereocenters. The minimum Gasteiger partial charge on any atom is -0.384 e. The van der Waals surface area contributed by atoms with Gasteiger partial charge in [-0.05, 0) is 5.41 Å². The normalized spacial score (nSPS) is 18.6. The van der Waals surface area contributed by atoms with E-state index in [1.54, 1.807) is 11.8 Å². The molecule has 2 N–H and O–H groups in total. The number of rotatable bonds is 0. The van der Waals surface area contributed by atoms with E-state index < -0.39 is 0 Å². The molecule has 0 aromatic heterocycles. The topological polar surface area (TPSA) is 29.3 Å². The van der Waals surface area contributed by atoms with Crippen molar-refractivity contribution in [1.29, 1.82) is 0 Å². The van der Waals surface area contributed by atoms with Crippen LogP contribution in [0.1, 0.15) is 0 Å². The first kappa shape index (κ1) is 6.28. The maximum absolute atomic E-state index is 5.49. The Hall–Kier alpha value is 0.160. The quantitative estimate of drug-likeness (QED) is 0.515. The number of nitrogens with two attached hydrogens (primary N) is 1. The van der Waals surface area contributed by atoms with E-state index >= 15 is 0 Å². The molecule has 4 heteroatoms. The Balaban J connectivity index is 2.63. The summed E-state index contributed by atoms with van der Waals surface area (Å²) >= 11 is 3.72. The van der Waals surface area contributed by atoms with Crippen LogP contribution in [0.2, 0.25) is 0 Å². The van der Waals surface area contributed by atoms with E-state index in [9.17, 15) is 0 Å². The van der Waals surface area contributed by atoms with Crippen LogP contribution in [0.3, 0.4) is 0 Å². The lowest BCUT2D eigenvalue weighted by Gasteiger charge is -2.12. The predicted molar refractivity (Wildman–Crippen MR) is 44.9 cm³/mol. The molecule has 0 aromatic carbocycles. The summed E-state index contributed by atoms with van der Waals surface area (Å²) in [4.78, 5) is 0. The molecule has 1 rings (SSSR count). The standard InChI is InChI=1S/C4H5IN2S/c5-7-1-2-8-3-4(7)6/h1-3H,6H2. The minimum absolute atomic E-state index is 0.790. The summed E-state index contributed by atoms with van der Waals surface area (Å²) in [6, 6.07) is 0. The third kappa shape index (κ3) is 1.32. The largest absolute Gasteiger partial charge is 0.384 e. The molecule has 8 heavy (non-hydrogen) atoms. The second-order valence-electron chi connectivity index (χ2n) is 1.28. The average Bonchev–Trinajstić information content (AvgIpc) is 1.77. The van der Waals surface area contributed by atoms with Crippen LogP contribution in [-0.4, -0.2) is 3.11 Å². The number of halogens is 1. The van der Waals surface area contributed by atoms with Gasteiger partial charge in [0.05, 0.1) is 22.9 Å². The van der Waals surface area contributed by atoms with Crippen molar-refractivity contribution in [3.05, 3.63) is 22.8 Å². The highest BCUT2D eigenvalue weighted by molar-refractivity contribution is 14.1. The monoisotopic (exact) mass is 240 g/mol. The van der Waals surface area contributed by atoms with Gasteiger partial charge in [0.1, 0.15) is 5.82 Å². The summed E-state index contributed by atoms with van der Waals surface area (Å²) in [5, 5.41) is 3.87. The molecule has 1 aliphatic rings. The Morgan fingerprint density at radius 1 is 1.75 bits per heavy atom. The lowest BCUT2D eigenvalue weighted by atomic mass is 10.8. The lowest BCUT2D eigenvalue weighted by molar-refractivity contribution is 0.810. The summed E-state index contributed by atoms with van der Waals surface area (Å²) in [6.07, 6.45) is 1.92. The summed E-state index contributed by atoms with van der Waals surface area (Å²) in [7, 11) is 0. The number of thioether (sulfide) groups is 1. The molecule has 0 amide bonds. The molecule has 0 bridgehead atoms. The zero-order chi connectivity index (χ0) is 5.98. The smallest absolute Gasteiger partial charge is 0.118 e. The Bertz CT molecular complexity index is 143. The summed E-state index contributed by atoms with van der Waals surface area (Å²) in [6.45, 7) is 0. The number of nitrogens with zero attached hydrogens (tertiary/aromatic N) is 1. The number of hydrogen-bond acceptors (Lipinski definition) is 3. The van der Waals surface area contributed by atoms with Crippen LogP contribution < -0.4 is 5.73 Å². The van der Waals surface area contributed by atoms with Gasteiger partial charge in [-0.25, -0.2) is 0 Å². The van der Waals surface area contributed by atoms with E-state index in [-0.39, 0.29) is 0 Å². The predicted octanol–water partition coefficient (Wildman–Crippen LogP) is 1.61. The van der Waals surface area contributed by atoms with Gasteiger partial charge < -0.3 is 5.73 Å². The Morgan fingerprint density at radius 3 is 2.88 bits per heavy atom. The molecular formula is C4H5IN2S. The molecule has 0 spiro atoms. The van der Waals surface area contributed by atoms with Gasteiger partial charge in [-0.1, -0.05) is 0 Å². The van der Waals surface area contributed by atoms with E-state index in [1.807, 2.05) is 20.1 Å². The molecular weight excluding hydrogens is 235 g/mol. The zero-order valence-corrected chi connectivity index (χ0v) is 7.02. The fraction of sp³-hybridized carbons (Fsp3) is 0. The molecule has 0 fully saturated rings. The lowest BCUT2D eigenvalue weighted by Crippen LogP contribution is -2.12. The van der Waals surface area contributed by atoms with E-state index in [0.29, 0.717) is 0 Å². The van der Waals surface area contributed by atoms with Gasteiger partial charge in [-0.2, -0.15) is 0 Å². The third-order valence-electron chi connectivity index (χ3n) is 0.706. The molecule has 0 atom stereocenters. The summed E-state index contributed by atoms with van der Waals surface area (Å²) in [5.74, 6) is 0.790. The second-order valence-corrected chi connectivity index (χ2v) is 3.09. The van der Waals surface area contributed by atoms with E-state index in [2.05, 4.69) is 22.9 Å². The first-order chi connectivity index (χ1) is 3.80. The Labute approximate surface area is 66.3 Å². The Kier molecular flexibility index (Phi) is 2.07. The van der Waals surface area contributed by atoms with Crippen LogP contribution in [0, 0.1) is 0 Å². The number of hydrogen-bond donors (Lipinski definition) is 1. The van der Waals surface area contributed by atoms with Crippen LogP contribution in [-0.2, 0) is 0 Å². The van der Waals surface area contributed by atoms with Crippen molar-refractivity contribution in [3.63, 3.8) is 0 Å². The maximum atomic E-state index is 5.49. The van der Waals surface area contributed by atoms with E-state index in [1.165, 1.54) is 0 Å². The molecule has 44 valence electrons. The van der Waals surface area contributed by atoms with Crippen molar-refractivity contribution in [2.24, 2.45) is 5.73 Å². The minimum atomic E-state index is 0.790. The van der Waals surface area contributed by atoms with Crippen LogP contribution >= 0.6 is 34.6 Å². The molecule has 0 saturated carbocycles. The van der Waals surface area contributed by atoms with Gasteiger partial charge in [0, 0.05) is 11.6 Å². The fourth-order valence-corrected chi connectivity index (χ4v) is 1.56. The second kappa shape index (κ2) is 2.63.